The van der Waals surface area contributed by atoms with Gasteiger partial charge in [-0.2, -0.15) is 10.2 Å². The molecule has 2 atom stereocenters. The summed E-state index contributed by atoms with van der Waals surface area (Å²) in [6.45, 7) is 11.3. The molecule has 2 nitrogen and oxygen atoms in total. The van der Waals surface area contributed by atoms with E-state index in [4.69, 9.17) is 0 Å². The molecule has 3 heteroatoms. The first kappa shape index (κ1) is 12.1. The van der Waals surface area contributed by atoms with E-state index in [0.717, 1.165) is 0 Å². The van der Waals surface area contributed by atoms with Crippen LogP contribution in [0.25, 0.3) is 0 Å². The van der Waals surface area contributed by atoms with E-state index in [-0.39, 0.29) is 8.84 Å². The topological polar surface area (TPSA) is 24.7 Å². The Bertz CT molecular complexity index is 227. The second-order valence-corrected chi connectivity index (χ2v) is 8.29. The lowest BCUT2D eigenvalue weighted by Gasteiger charge is -2.39. The van der Waals surface area contributed by atoms with E-state index in [9.17, 15) is 0 Å². The number of alkyl halides is 1. The van der Waals surface area contributed by atoms with Crippen LogP contribution in [0.4, 0.5) is 0 Å². The highest BCUT2D eigenvalue weighted by Crippen LogP contribution is 2.40. The molecule has 1 aliphatic rings. The zero-order valence-electron chi connectivity index (χ0n) is 9.58. The summed E-state index contributed by atoms with van der Waals surface area (Å²) in [7, 11) is 0. The van der Waals surface area contributed by atoms with Gasteiger partial charge in [-0.15, -0.1) is 0 Å². The fraction of sp³-hybridized carbons (Fsp3) is 0.818. The molecule has 14 heavy (non-hydrogen) atoms. The summed E-state index contributed by atoms with van der Waals surface area (Å²) >= 11 is 2.50. The van der Waals surface area contributed by atoms with E-state index in [1.54, 1.807) is 0 Å². The maximum Gasteiger partial charge on any atom is 0.0320 e. The zero-order valence-corrected chi connectivity index (χ0v) is 11.7. The Hall–Kier alpha value is 0.0700. The molecule has 0 fully saturated rings. The molecule has 0 aromatic carbocycles. The van der Waals surface area contributed by atoms with Gasteiger partial charge in [-0.1, -0.05) is 57.2 Å². The average Bonchev–Trinajstić information content (AvgIpc) is 2.01. The molecule has 0 aromatic rings. The predicted molar refractivity (Wildman–Crippen MR) is 71.5 cm³/mol. The average molecular weight is 306 g/mol. The number of rotatable bonds is 1. The van der Waals surface area contributed by atoms with Crippen molar-refractivity contribution in [1.29, 1.82) is 0 Å². The largest absolute Gasteiger partial charge is 0.164 e. The SMILES string of the molecule is CC(C)(C)C1C=NN=CC1C(C)(C)I. The molecule has 0 spiro atoms. The molecule has 1 rings (SSSR count). The van der Waals surface area contributed by atoms with E-state index in [2.05, 4.69) is 67.4 Å². The van der Waals surface area contributed by atoms with Crippen LogP contribution < -0.4 is 0 Å². The summed E-state index contributed by atoms with van der Waals surface area (Å²) in [5.41, 5.74) is 0.253. The first-order valence-electron chi connectivity index (χ1n) is 4.98. The van der Waals surface area contributed by atoms with E-state index in [1.165, 1.54) is 0 Å². The predicted octanol–water partition coefficient (Wildman–Crippen LogP) is 3.55. The Kier molecular flexibility index (Phi) is 3.39. The first-order chi connectivity index (χ1) is 6.23. The number of hydrogen-bond donors (Lipinski definition) is 0. The minimum Gasteiger partial charge on any atom is -0.164 e. The van der Waals surface area contributed by atoms with Crippen LogP contribution in [0.2, 0.25) is 0 Å². The summed E-state index contributed by atoms with van der Waals surface area (Å²) in [5.74, 6) is 0.951. The Labute approximate surface area is 100 Å². The minimum atomic E-state index is 0.228. The van der Waals surface area contributed by atoms with Crippen molar-refractivity contribution >= 4 is 35.0 Å². The molecule has 0 aliphatic carbocycles. The maximum atomic E-state index is 4.03. The van der Waals surface area contributed by atoms with E-state index in [1.807, 2.05) is 12.4 Å². The quantitative estimate of drug-likeness (QED) is 0.523. The molecule has 0 radical (unpaired) electrons. The number of hydrogen-bond acceptors (Lipinski definition) is 2. The fourth-order valence-electron chi connectivity index (χ4n) is 1.77. The van der Waals surface area contributed by atoms with Crippen LogP contribution >= 0.6 is 22.6 Å². The molecular weight excluding hydrogens is 287 g/mol. The van der Waals surface area contributed by atoms with Crippen molar-refractivity contribution < 1.29 is 0 Å². The summed E-state index contributed by atoms with van der Waals surface area (Å²) < 4.78 is 0.228. The van der Waals surface area contributed by atoms with E-state index in [0.29, 0.717) is 11.8 Å². The van der Waals surface area contributed by atoms with Gasteiger partial charge in [-0.25, -0.2) is 0 Å². The minimum absolute atomic E-state index is 0.228. The lowest BCUT2D eigenvalue weighted by atomic mass is 9.70. The molecule has 2 unspecified atom stereocenters. The smallest absolute Gasteiger partial charge is 0.0320 e. The molecule has 0 bridgehead atoms. The molecule has 0 saturated carbocycles. The Morgan fingerprint density at radius 1 is 0.929 bits per heavy atom. The van der Waals surface area contributed by atoms with Crippen molar-refractivity contribution in [3.05, 3.63) is 0 Å². The molecular formula is C11H19IN2. The van der Waals surface area contributed by atoms with Crippen LogP contribution in [0.5, 0.6) is 0 Å². The lowest BCUT2D eigenvalue weighted by molar-refractivity contribution is 0.253. The summed E-state index contributed by atoms with van der Waals surface area (Å²) in [4.78, 5) is 0. The van der Waals surface area contributed by atoms with Gasteiger partial charge >= 0.3 is 0 Å². The normalized spacial score (nSPS) is 28.1. The molecule has 1 heterocycles. The summed E-state index contributed by atoms with van der Waals surface area (Å²) in [6.07, 6.45) is 4.01. The Morgan fingerprint density at radius 3 is 1.64 bits per heavy atom. The van der Waals surface area contributed by atoms with Crippen LogP contribution in [-0.4, -0.2) is 15.9 Å². The molecule has 1 aliphatic heterocycles. The van der Waals surface area contributed by atoms with Crippen LogP contribution in [0, 0.1) is 17.3 Å². The maximum absolute atomic E-state index is 4.03. The molecule has 0 amide bonds. The van der Waals surface area contributed by atoms with Gasteiger partial charge < -0.3 is 0 Å². The monoisotopic (exact) mass is 306 g/mol. The summed E-state index contributed by atoms with van der Waals surface area (Å²) in [5, 5.41) is 8.06. The molecule has 0 saturated heterocycles. The lowest BCUT2D eigenvalue weighted by Crippen LogP contribution is -2.41. The van der Waals surface area contributed by atoms with Gasteiger partial charge in [0.15, 0.2) is 0 Å². The van der Waals surface area contributed by atoms with Crippen molar-refractivity contribution in [2.75, 3.05) is 0 Å². The highest BCUT2D eigenvalue weighted by molar-refractivity contribution is 14.1. The molecule has 0 aromatic heterocycles. The van der Waals surface area contributed by atoms with Crippen LogP contribution in [0.1, 0.15) is 34.6 Å². The molecule has 0 N–H and O–H groups in total. The number of nitrogens with zero attached hydrogens (tertiary/aromatic N) is 2. The van der Waals surface area contributed by atoms with Gasteiger partial charge in [-0.05, 0) is 5.41 Å². The third-order valence-corrected chi connectivity index (χ3v) is 3.42. The summed E-state index contributed by atoms with van der Waals surface area (Å²) in [6, 6.07) is 0. The Balaban J connectivity index is 2.94. The molecule has 80 valence electrons. The van der Waals surface area contributed by atoms with Crippen molar-refractivity contribution in [3.8, 4) is 0 Å². The van der Waals surface area contributed by atoms with Gasteiger partial charge in [-0.3, -0.25) is 0 Å². The second-order valence-electron chi connectivity index (χ2n) is 5.51. The van der Waals surface area contributed by atoms with Gasteiger partial charge in [0.2, 0.25) is 0 Å². The zero-order chi connectivity index (χ0) is 11.0. The highest BCUT2D eigenvalue weighted by Gasteiger charge is 2.39. The van der Waals surface area contributed by atoms with Crippen molar-refractivity contribution in [2.45, 2.75) is 38.0 Å². The fourth-order valence-corrected chi connectivity index (χ4v) is 2.32. The van der Waals surface area contributed by atoms with Crippen LogP contribution in [0.3, 0.4) is 0 Å². The van der Waals surface area contributed by atoms with E-state index >= 15 is 0 Å². The van der Waals surface area contributed by atoms with Crippen LogP contribution in [-0.2, 0) is 0 Å². The van der Waals surface area contributed by atoms with E-state index < -0.39 is 0 Å². The first-order valence-corrected chi connectivity index (χ1v) is 6.06. The van der Waals surface area contributed by atoms with Crippen molar-refractivity contribution in [2.24, 2.45) is 27.5 Å². The Morgan fingerprint density at radius 2 is 1.36 bits per heavy atom. The third-order valence-electron chi connectivity index (χ3n) is 2.70. The van der Waals surface area contributed by atoms with Crippen molar-refractivity contribution in [1.82, 2.24) is 0 Å². The standard InChI is InChI=1S/C11H19IN2/c1-10(2,3)8-6-13-14-7-9(8)11(4,5)12/h6-9H,1-5H3. The van der Waals surface area contributed by atoms with Gasteiger partial charge in [0, 0.05) is 27.7 Å². The van der Waals surface area contributed by atoms with Crippen molar-refractivity contribution in [3.63, 3.8) is 0 Å². The van der Waals surface area contributed by atoms with Crippen LogP contribution in [0.15, 0.2) is 10.2 Å². The second kappa shape index (κ2) is 3.91. The number of halogens is 1. The van der Waals surface area contributed by atoms with Gasteiger partial charge in [0.25, 0.3) is 0 Å². The van der Waals surface area contributed by atoms with Gasteiger partial charge in [0.1, 0.15) is 0 Å². The third kappa shape index (κ3) is 2.78. The highest BCUT2D eigenvalue weighted by atomic mass is 127. The van der Waals surface area contributed by atoms with Gasteiger partial charge in [0.05, 0.1) is 0 Å².